The van der Waals surface area contributed by atoms with E-state index in [2.05, 4.69) is 41.5 Å². The minimum Gasteiger partial charge on any atom is -0.374 e. The van der Waals surface area contributed by atoms with E-state index < -0.39 is 0 Å². The predicted molar refractivity (Wildman–Crippen MR) is 74.4 cm³/mol. The lowest BCUT2D eigenvalue weighted by atomic mass is 10.1. The number of rotatable bonds is 5. The maximum atomic E-state index is 3.18. The van der Waals surface area contributed by atoms with E-state index in [9.17, 15) is 0 Å². The van der Waals surface area contributed by atoms with Gasteiger partial charge in [-0.1, -0.05) is 25.0 Å². The van der Waals surface area contributed by atoms with E-state index in [0.717, 1.165) is 12.5 Å². The van der Waals surface area contributed by atoms with Gasteiger partial charge in [-0.2, -0.15) is 0 Å². The number of hydrogen-bond acceptors (Lipinski definition) is 2. The van der Waals surface area contributed by atoms with Gasteiger partial charge in [0.05, 0.1) is 0 Å². The van der Waals surface area contributed by atoms with Crippen LogP contribution >= 0.6 is 0 Å². The zero-order chi connectivity index (χ0) is 12.1. The summed E-state index contributed by atoms with van der Waals surface area (Å²) >= 11 is 0. The zero-order valence-electron chi connectivity index (χ0n) is 11.1. The Kier molecular flexibility index (Phi) is 4.43. The van der Waals surface area contributed by atoms with Crippen molar-refractivity contribution in [3.63, 3.8) is 0 Å². The van der Waals surface area contributed by atoms with E-state index in [1.807, 2.05) is 7.05 Å². The van der Waals surface area contributed by atoms with Crippen LogP contribution < -0.4 is 10.2 Å². The van der Waals surface area contributed by atoms with Crippen LogP contribution in [0.1, 0.15) is 31.2 Å². The Morgan fingerprint density at radius 3 is 2.41 bits per heavy atom. The standard InChI is InChI=1S/C15H24N2/c1-16-11-13-7-9-15(10-8-13)17(2)12-14-5-3-4-6-14/h7-10,14,16H,3-6,11-12H2,1-2H3. The fourth-order valence-corrected chi connectivity index (χ4v) is 2.76. The maximum Gasteiger partial charge on any atom is 0.0363 e. The van der Waals surface area contributed by atoms with E-state index in [1.165, 1.54) is 43.5 Å². The van der Waals surface area contributed by atoms with Gasteiger partial charge in [-0.3, -0.25) is 0 Å². The molecule has 0 radical (unpaired) electrons. The monoisotopic (exact) mass is 232 g/mol. The van der Waals surface area contributed by atoms with Crippen LogP contribution in [0, 0.1) is 5.92 Å². The molecule has 0 aliphatic heterocycles. The first kappa shape index (κ1) is 12.4. The summed E-state index contributed by atoms with van der Waals surface area (Å²) in [5.74, 6) is 0.914. The Bertz CT molecular complexity index is 325. The Labute approximate surface area is 105 Å². The molecule has 17 heavy (non-hydrogen) atoms. The summed E-state index contributed by atoms with van der Waals surface area (Å²) in [7, 11) is 4.20. The molecule has 0 amide bonds. The average molecular weight is 232 g/mol. The topological polar surface area (TPSA) is 15.3 Å². The maximum absolute atomic E-state index is 3.18. The van der Waals surface area contributed by atoms with E-state index in [0.29, 0.717) is 0 Å². The minimum atomic E-state index is 0.914. The van der Waals surface area contributed by atoms with Crippen LogP contribution in [0.25, 0.3) is 0 Å². The van der Waals surface area contributed by atoms with Crippen LogP contribution in [0.2, 0.25) is 0 Å². The molecule has 1 aliphatic rings. The van der Waals surface area contributed by atoms with Crippen molar-refractivity contribution in [3.8, 4) is 0 Å². The summed E-state index contributed by atoms with van der Waals surface area (Å²) < 4.78 is 0. The lowest BCUT2D eigenvalue weighted by Gasteiger charge is -2.23. The molecule has 94 valence electrons. The highest BCUT2D eigenvalue weighted by Gasteiger charge is 2.16. The molecule has 0 spiro atoms. The molecular formula is C15H24N2. The molecule has 0 unspecified atom stereocenters. The third-order valence-corrected chi connectivity index (χ3v) is 3.76. The Morgan fingerprint density at radius 2 is 1.82 bits per heavy atom. The van der Waals surface area contributed by atoms with Crippen molar-refractivity contribution in [3.05, 3.63) is 29.8 Å². The summed E-state index contributed by atoms with van der Waals surface area (Å²) in [6.07, 6.45) is 5.70. The molecule has 1 fully saturated rings. The molecule has 2 rings (SSSR count). The van der Waals surface area contributed by atoms with E-state index in [1.54, 1.807) is 0 Å². The van der Waals surface area contributed by atoms with Gasteiger partial charge in [-0.15, -0.1) is 0 Å². The Morgan fingerprint density at radius 1 is 1.18 bits per heavy atom. The zero-order valence-corrected chi connectivity index (χ0v) is 11.1. The second-order valence-electron chi connectivity index (χ2n) is 5.23. The molecule has 1 aromatic carbocycles. The summed E-state index contributed by atoms with van der Waals surface area (Å²) in [4.78, 5) is 2.40. The van der Waals surface area contributed by atoms with Gasteiger partial charge in [0.25, 0.3) is 0 Å². The van der Waals surface area contributed by atoms with Gasteiger partial charge in [0.2, 0.25) is 0 Å². The van der Waals surface area contributed by atoms with E-state index >= 15 is 0 Å². The number of hydrogen-bond donors (Lipinski definition) is 1. The minimum absolute atomic E-state index is 0.914. The van der Waals surface area contributed by atoms with Gasteiger partial charge in [-0.25, -0.2) is 0 Å². The van der Waals surface area contributed by atoms with Crippen molar-refractivity contribution < 1.29 is 0 Å². The smallest absolute Gasteiger partial charge is 0.0363 e. The van der Waals surface area contributed by atoms with E-state index in [-0.39, 0.29) is 0 Å². The van der Waals surface area contributed by atoms with Crippen LogP contribution in [0.4, 0.5) is 5.69 Å². The summed E-state index contributed by atoms with van der Waals surface area (Å²) in [6, 6.07) is 8.91. The summed E-state index contributed by atoms with van der Waals surface area (Å²) in [5.41, 5.74) is 2.70. The van der Waals surface area contributed by atoms with Crippen molar-refractivity contribution in [2.24, 2.45) is 5.92 Å². The van der Waals surface area contributed by atoms with Gasteiger partial charge in [0.15, 0.2) is 0 Å². The predicted octanol–water partition coefficient (Wildman–Crippen LogP) is 3.03. The highest BCUT2D eigenvalue weighted by atomic mass is 15.1. The first-order valence-corrected chi connectivity index (χ1v) is 6.74. The molecule has 2 nitrogen and oxygen atoms in total. The van der Waals surface area contributed by atoms with Gasteiger partial charge in [0.1, 0.15) is 0 Å². The second kappa shape index (κ2) is 6.06. The lowest BCUT2D eigenvalue weighted by Crippen LogP contribution is -2.23. The van der Waals surface area contributed by atoms with Gasteiger partial charge >= 0.3 is 0 Å². The van der Waals surface area contributed by atoms with Crippen LogP contribution in [0.15, 0.2) is 24.3 Å². The van der Waals surface area contributed by atoms with E-state index in [4.69, 9.17) is 0 Å². The quantitative estimate of drug-likeness (QED) is 0.839. The first-order chi connectivity index (χ1) is 8.29. The summed E-state index contributed by atoms with van der Waals surface area (Å²) in [5, 5.41) is 3.18. The number of anilines is 1. The first-order valence-electron chi connectivity index (χ1n) is 6.74. The molecule has 1 aromatic rings. The molecule has 0 aromatic heterocycles. The van der Waals surface area contributed by atoms with Gasteiger partial charge in [0, 0.05) is 25.8 Å². The van der Waals surface area contributed by atoms with Crippen LogP contribution in [-0.4, -0.2) is 20.6 Å². The van der Waals surface area contributed by atoms with Crippen molar-refractivity contribution in [1.29, 1.82) is 0 Å². The number of nitrogens with zero attached hydrogens (tertiary/aromatic N) is 1. The molecule has 0 heterocycles. The molecule has 0 bridgehead atoms. The molecular weight excluding hydrogens is 208 g/mol. The van der Waals surface area contributed by atoms with Crippen molar-refractivity contribution in [2.45, 2.75) is 32.2 Å². The fraction of sp³-hybridized carbons (Fsp3) is 0.600. The molecule has 2 heteroatoms. The average Bonchev–Trinajstić information content (AvgIpc) is 2.83. The molecule has 0 saturated heterocycles. The van der Waals surface area contributed by atoms with Crippen LogP contribution in [0.5, 0.6) is 0 Å². The molecule has 0 atom stereocenters. The highest BCUT2D eigenvalue weighted by molar-refractivity contribution is 5.46. The molecule has 1 aliphatic carbocycles. The molecule has 1 N–H and O–H groups in total. The van der Waals surface area contributed by atoms with Crippen molar-refractivity contribution >= 4 is 5.69 Å². The normalized spacial score (nSPS) is 16.4. The van der Waals surface area contributed by atoms with Gasteiger partial charge < -0.3 is 10.2 Å². The van der Waals surface area contributed by atoms with Crippen molar-refractivity contribution in [1.82, 2.24) is 5.32 Å². The summed E-state index contributed by atoms with van der Waals surface area (Å²) in [6.45, 7) is 2.16. The van der Waals surface area contributed by atoms with Gasteiger partial charge in [-0.05, 0) is 43.5 Å². The fourth-order valence-electron chi connectivity index (χ4n) is 2.76. The van der Waals surface area contributed by atoms with Crippen LogP contribution in [0.3, 0.4) is 0 Å². The van der Waals surface area contributed by atoms with Crippen molar-refractivity contribution in [2.75, 3.05) is 25.5 Å². The molecule has 1 saturated carbocycles. The number of benzene rings is 1. The van der Waals surface area contributed by atoms with Crippen LogP contribution in [-0.2, 0) is 6.54 Å². The largest absolute Gasteiger partial charge is 0.374 e. The highest BCUT2D eigenvalue weighted by Crippen LogP contribution is 2.26. The third kappa shape index (κ3) is 3.47. The number of nitrogens with one attached hydrogen (secondary N) is 1. The Hall–Kier alpha value is -1.02. The third-order valence-electron chi connectivity index (χ3n) is 3.76. The lowest BCUT2D eigenvalue weighted by molar-refractivity contribution is 0.547. The Balaban J connectivity index is 1.91. The SMILES string of the molecule is CNCc1ccc(N(C)CC2CCCC2)cc1. The second-order valence-corrected chi connectivity index (χ2v) is 5.23.